The van der Waals surface area contributed by atoms with Crippen molar-refractivity contribution in [2.45, 2.75) is 122 Å². The molecule has 2 aliphatic carbocycles. The number of carbonyl (C=O) groups is 7. The van der Waals surface area contributed by atoms with Crippen LogP contribution < -0.4 is 31.3 Å². The molecular formula is C57H68FN9O11S. The van der Waals surface area contributed by atoms with Gasteiger partial charge in [-0.05, 0) is 85.8 Å². The van der Waals surface area contributed by atoms with Gasteiger partial charge in [-0.1, -0.05) is 74.8 Å². The first-order valence-electron chi connectivity index (χ1n) is 26.6. The fourth-order valence-electron chi connectivity index (χ4n) is 9.66. The number of phenols is 1. The van der Waals surface area contributed by atoms with E-state index in [2.05, 4.69) is 42.8 Å². The number of benzene rings is 3. The molecule has 1 saturated carbocycles. The maximum absolute atomic E-state index is 14.7. The fourth-order valence-corrected chi connectivity index (χ4v) is 10.5. The number of β-amino-alcohol motifs (C(OH)–C–C–N with tert-alkyl or cyclic N) is 1. The summed E-state index contributed by atoms with van der Waals surface area (Å²) in [7, 11) is 1.56. The number of fused-ring (bicyclic) bond motifs is 1. The van der Waals surface area contributed by atoms with Gasteiger partial charge in [0, 0.05) is 69.8 Å². The van der Waals surface area contributed by atoms with Gasteiger partial charge in [-0.15, -0.1) is 11.3 Å². The molecule has 22 heteroatoms. The van der Waals surface area contributed by atoms with Crippen LogP contribution in [0.4, 0.5) is 4.39 Å². The van der Waals surface area contributed by atoms with E-state index in [4.69, 9.17) is 9.26 Å². The first-order chi connectivity index (χ1) is 37.7. The van der Waals surface area contributed by atoms with Crippen LogP contribution in [-0.4, -0.2) is 135 Å². The molecule has 1 unspecified atom stereocenters. The van der Waals surface area contributed by atoms with Crippen LogP contribution in [0, 0.1) is 12.3 Å². The van der Waals surface area contributed by atoms with Gasteiger partial charge in [0.2, 0.25) is 17.7 Å². The van der Waals surface area contributed by atoms with Crippen molar-refractivity contribution in [2.75, 3.05) is 39.8 Å². The van der Waals surface area contributed by atoms with Crippen molar-refractivity contribution < 1.29 is 57.4 Å². The predicted octanol–water partition coefficient (Wildman–Crippen LogP) is 5.45. The highest BCUT2D eigenvalue weighted by Crippen LogP contribution is 2.41. The average molecular weight is 1110 g/mol. The number of likely N-dealkylation sites (tertiary alicyclic amines) is 1. The van der Waals surface area contributed by atoms with Crippen LogP contribution in [0.1, 0.15) is 121 Å². The maximum Gasteiger partial charge on any atom is 0.273 e. The molecule has 79 heavy (non-hydrogen) atoms. The number of hydrogen-bond acceptors (Lipinski definition) is 14. The Morgan fingerprint density at radius 3 is 2.44 bits per heavy atom. The number of ether oxygens (including phenoxy) is 1. The lowest BCUT2D eigenvalue weighted by Crippen LogP contribution is -2.59. The van der Waals surface area contributed by atoms with Crippen molar-refractivity contribution in [3.63, 3.8) is 0 Å². The summed E-state index contributed by atoms with van der Waals surface area (Å²) in [6, 6.07) is 16.9. The second kappa shape index (κ2) is 24.9. The number of aliphatic hydroxyl groups is 1. The lowest BCUT2D eigenvalue weighted by molar-refractivity contribution is -0.145. The number of carbonyl (C=O) groups excluding carboxylic acids is 7. The molecule has 7 amide bonds. The Balaban J connectivity index is 0.742. The Hall–Kier alpha value is -7.72. The van der Waals surface area contributed by atoms with E-state index >= 15 is 0 Å². The molecule has 4 atom stereocenters. The zero-order valence-electron chi connectivity index (χ0n) is 45.0. The first kappa shape index (κ1) is 57.5. The SMILES string of the molecule is Cc1ncsc1-c1ccc(CNC(=O)[C@@H]2C[C@@H](O)CN2C(=O)[C@@H](NC(=O)C2(F)CC2)C(C)(C)C)c(OCC(=O)NCCCCCC(=O)NCCN(C)C(=O)c2ccc(-c3cc(C(=O)NC4CCc5ccccc54)no3)cc2O)c1. The lowest BCUT2D eigenvalue weighted by atomic mass is 9.85. The Kier molecular flexibility index (Phi) is 18.1. The summed E-state index contributed by atoms with van der Waals surface area (Å²) in [5.41, 5.74) is 3.86. The van der Waals surface area contributed by atoms with Gasteiger partial charge in [0.1, 0.15) is 23.6 Å². The van der Waals surface area contributed by atoms with Crippen LogP contribution in [0.15, 0.2) is 76.8 Å². The molecule has 0 bridgehead atoms. The quantitative estimate of drug-likeness (QED) is 0.0402. The van der Waals surface area contributed by atoms with Crippen LogP contribution in [0.5, 0.6) is 11.5 Å². The predicted molar refractivity (Wildman–Crippen MR) is 290 cm³/mol. The van der Waals surface area contributed by atoms with Crippen LogP contribution in [0.2, 0.25) is 0 Å². The van der Waals surface area contributed by atoms with Crippen LogP contribution in [0.25, 0.3) is 21.8 Å². The molecule has 5 aromatic rings. The van der Waals surface area contributed by atoms with Gasteiger partial charge < -0.3 is 55.9 Å². The van der Waals surface area contributed by atoms with Gasteiger partial charge in [-0.2, -0.15) is 0 Å². The van der Waals surface area contributed by atoms with Gasteiger partial charge in [-0.3, -0.25) is 33.6 Å². The minimum absolute atomic E-state index is 0.0418. The van der Waals surface area contributed by atoms with Crippen molar-refractivity contribution in [2.24, 2.45) is 5.41 Å². The molecule has 0 radical (unpaired) electrons. The van der Waals surface area contributed by atoms with Gasteiger partial charge in [0.05, 0.1) is 33.8 Å². The second-order valence-corrected chi connectivity index (χ2v) is 22.4. The number of phenolic OH excluding ortho intramolecular Hbond substituents is 1. The van der Waals surface area contributed by atoms with E-state index in [0.29, 0.717) is 42.7 Å². The van der Waals surface area contributed by atoms with E-state index in [-0.39, 0.29) is 105 Å². The molecule has 3 heterocycles. The summed E-state index contributed by atoms with van der Waals surface area (Å²) in [6.07, 6.45) is 2.79. The Labute approximate surface area is 461 Å². The molecule has 20 nitrogen and oxygen atoms in total. The number of rotatable bonds is 23. The second-order valence-electron chi connectivity index (χ2n) is 21.5. The van der Waals surface area contributed by atoms with E-state index in [0.717, 1.165) is 34.5 Å². The molecule has 8 rings (SSSR count). The normalized spacial score (nSPS) is 17.5. The topological polar surface area (TPSA) is 275 Å². The molecular weight excluding hydrogens is 1040 g/mol. The largest absolute Gasteiger partial charge is 0.507 e. The van der Waals surface area contributed by atoms with Crippen molar-refractivity contribution in [1.82, 2.24) is 46.5 Å². The highest BCUT2D eigenvalue weighted by molar-refractivity contribution is 7.13. The third-order valence-corrected chi connectivity index (χ3v) is 15.4. The number of aryl methyl sites for hydroxylation is 2. The number of nitrogens with zero attached hydrogens (tertiary/aromatic N) is 4. The molecule has 3 aromatic carbocycles. The minimum Gasteiger partial charge on any atom is -0.507 e. The molecule has 2 fully saturated rings. The fraction of sp³-hybridized carbons (Fsp3) is 0.456. The third kappa shape index (κ3) is 14.3. The number of amides is 7. The van der Waals surface area contributed by atoms with Crippen molar-refractivity contribution in [1.29, 1.82) is 0 Å². The number of aliphatic hydroxyl groups excluding tert-OH is 1. The van der Waals surface area contributed by atoms with Crippen molar-refractivity contribution in [3.8, 4) is 33.3 Å². The number of hydrogen-bond donors (Lipinski definition) is 7. The number of likely N-dealkylation sites (N-methyl/N-ethyl adjacent to an activating group) is 1. The summed E-state index contributed by atoms with van der Waals surface area (Å²) in [5.74, 6) is -3.16. The van der Waals surface area contributed by atoms with E-state index in [9.17, 15) is 48.2 Å². The van der Waals surface area contributed by atoms with E-state index in [1.165, 1.54) is 44.9 Å². The number of nitrogens with one attached hydrogen (secondary N) is 5. The molecule has 420 valence electrons. The van der Waals surface area contributed by atoms with Crippen LogP contribution >= 0.6 is 11.3 Å². The number of halogens is 1. The number of alkyl halides is 1. The molecule has 2 aromatic heterocycles. The summed E-state index contributed by atoms with van der Waals surface area (Å²) >= 11 is 1.44. The standard InChI is InChI=1S/C57H68FN9O11S/c1-33-49(79-32-62-33)36-14-15-37(29-61-52(73)43-27-38(68)30-67(43)54(75)50(56(2,3)4)64-55(76)57(58)20-21-57)45(26-36)77-31-48(71)59-22-10-6-7-13-47(70)60-23-24-66(5)53(74)40-18-16-35(25-44(40)69)46-28-42(65-78-46)51(72)63-41-19-17-34-11-8-9-12-39(34)41/h8-9,11-12,14-16,18,25-26,28,32,38,41,43,50,68-69H,6-7,10,13,17,19-24,27,29-31H2,1-5H3,(H,59,71)(H,60,70)(H,61,73)(H,63,72)(H,64,76)/t38-,41?,43+,50-/m1/s1. The summed E-state index contributed by atoms with van der Waals surface area (Å²) in [5, 5.41) is 39.5. The number of aromatic hydroxyl groups is 1. The Morgan fingerprint density at radius 1 is 0.949 bits per heavy atom. The van der Waals surface area contributed by atoms with Gasteiger partial charge >= 0.3 is 0 Å². The highest BCUT2D eigenvalue weighted by Gasteiger charge is 2.53. The minimum atomic E-state index is -2.01. The smallest absolute Gasteiger partial charge is 0.273 e. The van der Waals surface area contributed by atoms with E-state index < -0.39 is 52.9 Å². The molecule has 7 N–H and O–H groups in total. The maximum atomic E-state index is 14.7. The summed E-state index contributed by atoms with van der Waals surface area (Å²) in [4.78, 5) is 100. The molecule has 3 aliphatic rings. The zero-order valence-corrected chi connectivity index (χ0v) is 45.8. The van der Waals surface area contributed by atoms with Gasteiger partial charge in [0.15, 0.2) is 23.7 Å². The van der Waals surface area contributed by atoms with Crippen LogP contribution in [-0.2, 0) is 36.9 Å². The van der Waals surface area contributed by atoms with Crippen LogP contribution in [0.3, 0.4) is 0 Å². The van der Waals surface area contributed by atoms with Gasteiger partial charge in [0.25, 0.3) is 23.6 Å². The number of unbranched alkanes of at least 4 members (excludes halogenated alkanes) is 2. The summed E-state index contributed by atoms with van der Waals surface area (Å²) in [6.45, 7) is 7.21. The number of thiazole rings is 1. The number of aromatic nitrogens is 2. The highest BCUT2D eigenvalue weighted by atomic mass is 32.1. The summed E-state index contributed by atoms with van der Waals surface area (Å²) < 4.78 is 26.1. The Bertz CT molecular complexity index is 3080. The zero-order chi connectivity index (χ0) is 56.6. The van der Waals surface area contributed by atoms with Crippen molar-refractivity contribution in [3.05, 3.63) is 106 Å². The molecule has 1 aliphatic heterocycles. The van der Waals surface area contributed by atoms with E-state index in [1.54, 1.807) is 51.5 Å². The third-order valence-electron chi connectivity index (χ3n) is 14.4. The first-order valence-corrected chi connectivity index (χ1v) is 27.5. The van der Waals surface area contributed by atoms with Gasteiger partial charge in [-0.25, -0.2) is 9.37 Å². The van der Waals surface area contributed by atoms with E-state index in [1.807, 2.05) is 31.2 Å². The van der Waals surface area contributed by atoms with Crippen molar-refractivity contribution >= 4 is 52.7 Å². The lowest BCUT2D eigenvalue weighted by Gasteiger charge is -2.35. The molecule has 0 spiro atoms. The monoisotopic (exact) mass is 1110 g/mol. The average Bonchev–Trinajstić information content (AvgIpc) is 3.91. The Morgan fingerprint density at radius 2 is 1.71 bits per heavy atom. The molecule has 1 saturated heterocycles.